The fourth-order valence-electron chi connectivity index (χ4n) is 0.590. The third-order valence-electron chi connectivity index (χ3n) is 1.54. The van der Waals surface area contributed by atoms with Gasteiger partial charge in [-0.05, 0) is 24.1 Å². The van der Waals surface area contributed by atoms with Crippen LogP contribution in [0.25, 0.3) is 0 Å². The lowest BCUT2D eigenvalue weighted by Crippen LogP contribution is -2.01. The summed E-state index contributed by atoms with van der Waals surface area (Å²) in [7, 11) is 0. The lowest BCUT2D eigenvalue weighted by Gasteiger charge is -2.06. The van der Waals surface area contributed by atoms with Gasteiger partial charge in [-0.15, -0.1) is 0 Å². The smallest absolute Gasteiger partial charge is 0.0226 e. The molecule has 0 aromatic rings. The Labute approximate surface area is 56.3 Å². The Hall–Kier alpha value is -0.790. The largest absolute Gasteiger partial charge is 0.404 e. The van der Waals surface area contributed by atoms with Gasteiger partial charge in [0.15, 0.2) is 0 Å². The zero-order chi connectivity index (χ0) is 7.28. The van der Waals surface area contributed by atoms with Gasteiger partial charge in [-0.3, -0.25) is 0 Å². The topological polar surface area (TPSA) is 49.9 Å². The van der Waals surface area contributed by atoms with Crippen LogP contribution in [0.2, 0.25) is 0 Å². The SMILES string of the molecule is CCC(C)/C(C=N)=C/N. The number of nitrogens with one attached hydrogen (secondary N) is 1. The Morgan fingerprint density at radius 1 is 1.78 bits per heavy atom. The molecule has 2 nitrogen and oxygen atoms in total. The summed E-state index contributed by atoms with van der Waals surface area (Å²) in [5.74, 6) is 0.424. The number of nitrogens with two attached hydrogens (primary N) is 1. The second-order valence-corrected chi connectivity index (χ2v) is 2.12. The minimum Gasteiger partial charge on any atom is -0.404 e. The number of allylic oxidation sites excluding steroid dienone is 1. The molecule has 0 aliphatic rings. The van der Waals surface area contributed by atoms with Crippen molar-refractivity contribution in [1.29, 1.82) is 5.41 Å². The second-order valence-electron chi connectivity index (χ2n) is 2.12. The molecule has 0 aromatic carbocycles. The van der Waals surface area contributed by atoms with Gasteiger partial charge in [0.2, 0.25) is 0 Å². The molecule has 0 aromatic heterocycles. The van der Waals surface area contributed by atoms with Gasteiger partial charge in [-0.1, -0.05) is 13.8 Å². The van der Waals surface area contributed by atoms with Crippen LogP contribution in [0.4, 0.5) is 0 Å². The highest BCUT2D eigenvalue weighted by Gasteiger charge is 2.00. The van der Waals surface area contributed by atoms with Crippen molar-refractivity contribution < 1.29 is 0 Å². The van der Waals surface area contributed by atoms with Crippen LogP contribution in [0.1, 0.15) is 20.3 Å². The molecule has 0 fully saturated rings. The summed E-state index contributed by atoms with van der Waals surface area (Å²) in [5.41, 5.74) is 6.16. The summed E-state index contributed by atoms with van der Waals surface area (Å²) in [6, 6.07) is 0. The molecule has 0 saturated carbocycles. The normalized spacial score (nSPS) is 15.1. The van der Waals surface area contributed by atoms with E-state index in [4.69, 9.17) is 11.1 Å². The predicted octanol–water partition coefficient (Wildman–Crippen LogP) is 1.52. The van der Waals surface area contributed by atoms with Crippen molar-refractivity contribution in [2.24, 2.45) is 11.7 Å². The van der Waals surface area contributed by atoms with Crippen molar-refractivity contribution in [3.63, 3.8) is 0 Å². The minimum atomic E-state index is 0.424. The lowest BCUT2D eigenvalue weighted by molar-refractivity contribution is 0.678. The second kappa shape index (κ2) is 4.13. The van der Waals surface area contributed by atoms with Crippen LogP contribution >= 0.6 is 0 Å². The van der Waals surface area contributed by atoms with Crippen LogP contribution in [0, 0.1) is 11.3 Å². The van der Waals surface area contributed by atoms with Gasteiger partial charge in [-0.2, -0.15) is 0 Å². The number of hydrogen-bond acceptors (Lipinski definition) is 2. The standard InChI is InChI=1S/C7H14N2/c1-3-6(2)7(4-8)5-9/h4-6,8H,3,9H2,1-2H3/b7-5+,8-4?. The summed E-state index contributed by atoms with van der Waals surface area (Å²) in [5, 5.41) is 6.92. The van der Waals surface area contributed by atoms with Gasteiger partial charge < -0.3 is 11.1 Å². The molecule has 52 valence electrons. The lowest BCUT2D eigenvalue weighted by atomic mass is 10.0. The van der Waals surface area contributed by atoms with E-state index in [0.29, 0.717) is 5.92 Å². The first-order chi connectivity index (χ1) is 4.26. The fraction of sp³-hybridized carbons (Fsp3) is 0.571. The average Bonchev–Trinajstić information content (AvgIpc) is 1.90. The Kier molecular flexibility index (Phi) is 3.76. The maximum Gasteiger partial charge on any atom is 0.0226 e. The van der Waals surface area contributed by atoms with Crippen molar-refractivity contribution in [2.45, 2.75) is 20.3 Å². The number of hydrogen-bond donors (Lipinski definition) is 2. The Morgan fingerprint density at radius 2 is 2.33 bits per heavy atom. The Morgan fingerprint density at radius 3 is 2.44 bits per heavy atom. The molecule has 0 radical (unpaired) electrons. The quantitative estimate of drug-likeness (QED) is 0.553. The molecular weight excluding hydrogens is 112 g/mol. The number of rotatable bonds is 3. The van der Waals surface area contributed by atoms with E-state index in [2.05, 4.69) is 13.8 Å². The molecule has 0 aliphatic heterocycles. The first kappa shape index (κ1) is 8.21. The first-order valence-electron chi connectivity index (χ1n) is 3.18. The van der Waals surface area contributed by atoms with Gasteiger partial charge in [0.25, 0.3) is 0 Å². The van der Waals surface area contributed by atoms with E-state index in [-0.39, 0.29) is 0 Å². The molecule has 0 saturated heterocycles. The third kappa shape index (κ3) is 2.31. The molecule has 9 heavy (non-hydrogen) atoms. The molecule has 0 heterocycles. The monoisotopic (exact) mass is 126 g/mol. The summed E-state index contributed by atoms with van der Waals surface area (Å²) in [6.07, 6.45) is 3.85. The van der Waals surface area contributed by atoms with Crippen LogP contribution in [-0.4, -0.2) is 6.21 Å². The van der Waals surface area contributed by atoms with Crippen molar-refractivity contribution in [3.8, 4) is 0 Å². The maximum absolute atomic E-state index is 6.92. The fourth-order valence-corrected chi connectivity index (χ4v) is 0.590. The Bertz CT molecular complexity index is 116. The molecule has 0 spiro atoms. The van der Waals surface area contributed by atoms with Crippen molar-refractivity contribution in [2.75, 3.05) is 0 Å². The zero-order valence-corrected chi connectivity index (χ0v) is 6.02. The predicted molar refractivity (Wildman–Crippen MR) is 40.5 cm³/mol. The van der Waals surface area contributed by atoms with E-state index in [1.165, 1.54) is 12.4 Å². The van der Waals surface area contributed by atoms with E-state index in [1.807, 2.05) is 0 Å². The molecule has 1 atom stereocenters. The molecule has 2 heteroatoms. The summed E-state index contributed by atoms with van der Waals surface area (Å²) >= 11 is 0. The minimum absolute atomic E-state index is 0.424. The Balaban J connectivity index is 3.95. The highest BCUT2D eigenvalue weighted by molar-refractivity contribution is 5.75. The maximum atomic E-state index is 6.92. The molecule has 0 rings (SSSR count). The molecular formula is C7H14N2. The molecule has 3 N–H and O–H groups in total. The van der Waals surface area contributed by atoms with Gasteiger partial charge in [0.05, 0.1) is 0 Å². The van der Waals surface area contributed by atoms with Gasteiger partial charge in [0, 0.05) is 6.21 Å². The van der Waals surface area contributed by atoms with E-state index in [0.717, 1.165) is 12.0 Å². The van der Waals surface area contributed by atoms with Crippen LogP contribution in [0.3, 0.4) is 0 Å². The van der Waals surface area contributed by atoms with E-state index < -0.39 is 0 Å². The van der Waals surface area contributed by atoms with E-state index >= 15 is 0 Å². The molecule has 0 bridgehead atoms. The van der Waals surface area contributed by atoms with Crippen LogP contribution < -0.4 is 5.73 Å². The van der Waals surface area contributed by atoms with Crippen molar-refractivity contribution in [3.05, 3.63) is 11.8 Å². The van der Waals surface area contributed by atoms with Crippen molar-refractivity contribution >= 4 is 6.21 Å². The summed E-state index contributed by atoms with van der Waals surface area (Å²) < 4.78 is 0. The summed E-state index contributed by atoms with van der Waals surface area (Å²) in [4.78, 5) is 0. The third-order valence-corrected chi connectivity index (χ3v) is 1.54. The van der Waals surface area contributed by atoms with Crippen LogP contribution in [0.15, 0.2) is 11.8 Å². The molecule has 1 unspecified atom stereocenters. The van der Waals surface area contributed by atoms with Crippen LogP contribution in [0.5, 0.6) is 0 Å². The summed E-state index contributed by atoms with van der Waals surface area (Å²) in [6.45, 7) is 4.14. The van der Waals surface area contributed by atoms with Gasteiger partial charge in [-0.25, -0.2) is 0 Å². The average molecular weight is 126 g/mol. The van der Waals surface area contributed by atoms with Gasteiger partial charge >= 0.3 is 0 Å². The highest BCUT2D eigenvalue weighted by atomic mass is 14.5. The zero-order valence-electron chi connectivity index (χ0n) is 6.02. The highest BCUT2D eigenvalue weighted by Crippen LogP contribution is 2.09. The van der Waals surface area contributed by atoms with Crippen LogP contribution in [-0.2, 0) is 0 Å². The molecule has 0 aliphatic carbocycles. The molecule has 0 amide bonds. The van der Waals surface area contributed by atoms with Crippen molar-refractivity contribution in [1.82, 2.24) is 0 Å². The van der Waals surface area contributed by atoms with Gasteiger partial charge in [0.1, 0.15) is 0 Å². The first-order valence-corrected chi connectivity index (χ1v) is 3.18. The van der Waals surface area contributed by atoms with E-state index in [9.17, 15) is 0 Å². The van der Waals surface area contributed by atoms with E-state index in [1.54, 1.807) is 0 Å².